The number of nitrogens with zero attached hydrogens (tertiary/aromatic N) is 9. The number of hydrogen-bond acceptors (Lipinski definition) is 12. The van der Waals surface area contributed by atoms with Gasteiger partial charge in [0.05, 0.1) is 12.5 Å². The third-order valence-corrected chi connectivity index (χ3v) is 6.63. The average Bonchev–Trinajstić information content (AvgIpc) is 3.65. The van der Waals surface area contributed by atoms with Crippen LogP contribution in [-0.4, -0.2) is 91.3 Å². The predicted molar refractivity (Wildman–Crippen MR) is 135 cm³/mol. The molecule has 2 aliphatic heterocycles. The number of carboxylic acid groups (broad SMARTS) is 1. The zero-order chi connectivity index (χ0) is 24.6. The van der Waals surface area contributed by atoms with Crippen LogP contribution in [0.3, 0.4) is 0 Å². The Labute approximate surface area is 217 Å². The fraction of sp³-hybridized carbons (Fsp3) is 0.455. The molecule has 196 valence electrons. The number of oxazole rings is 1. The summed E-state index contributed by atoms with van der Waals surface area (Å²) in [6.45, 7) is 5.82. The molecular weight excluding hydrogens is 504 g/mol. The number of nitrogens with two attached hydrogens (primary N) is 1. The van der Waals surface area contributed by atoms with Gasteiger partial charge >= 0.3 is 5.97 Å². The van der Waals surface area contributed by atoms with Gasteiger partial charge in [0, 0.05) is 45.8 Å². The minimum Gasteiger partial charge on any atom is -0.475 e. The Hall–Kier alpha value is -3.91. The number of aromatic nitrogens is 6. The van der Waals surface area contributed by atoms with Crippen LogP contribution in [0.2, 0.25) is 0 Å². The molecule has 6 rings (SSSR count). The molecule has 0 radical (unpaired) electrons. The number of furan rings is 1. The van der Waals surface area contributed by atoms with Crippen molar-refractivity contribution in [3.05, 3.63) is 30.4 Å². The largest absolute Gasteiger partial charge is 0.475 e. The van der Waals surface area contributed by atoms with Crippen molar-refractivity contribution in [1.29, 1.82) is 0 Å². The van der Waals surface area contributed by atoms with E-state index in [0.29, 0.717) is 35.2 Å². The van der Waals surface area contributed by atoms with Gasteiger partial charge in [-0.3, -0.25) is 4.90 Å². The Morgan fingerprint density at radius 3 is 2.70 bits per heavy atom. The van der Waals surface area contributed by atoms with Crippen molar-refractivity contribution in [1.82, 2.24) is 34.4 Å². The van der Waals surface area contributed by atoms with Crippen LogP contribution in [0.25, 0.3) is 17.4 Å². The number of carboxylic acids is 1. The van der Waals surface area contributed by atoms with E-state index < -0.39 is 5.97 Å². The first-order valence-electron chi connectivity index (χ1n) is 11.9. The maximum absolute atomic E-state index is 11.0. The van der Waals surface area contributed by atoms with Gasteiger partial charge in [0.25, 0.3) is 11.8 Å². The molecule has 0 unspecified atom stereocenters. The van der Waals surface area contributed by atoms with Gasteiger partial charge in [0.2, 0.25) is 23.5 Å². The molecule has 3 N–H and O–H groups in total. The van der Waals surface area contributed by atoms with Crippen molar-refractivity contribution in [3.63, 3.8) is 0 Å². The van der Waals surface area contributed by atoms with Gasteiger partial charge in [0.1, 0.15) is 0 Å². The van der Waals surface area contributed by atoms with E-state index in [9.17, 15) is 4.79 Å². The summed E-state index contributed by atoms with van der Waals surface area (Å²) in [7, 11) is 0. The fourth-order valence-electron chi connectivity index (χ4n) is 4.84. The number of piperidine rings is 1. The van der Waals surface area contributed by atoms with Crippen molar-refractivity contribution in [2.24, 2.45) is 5.92 Å². The topological polar surface area (TPSA) is 168 Å². The van der Waals surface area contributed by atoms with Gasteiger partial charge in [-0.2, -0.15) is 19.5 Å². The summed E-state index contributed by atoms with van der Waals surface area (Å²) in [6.07, 6.45) is 4.99. The summed E-state index contributed by atoms with van der Waals surface area (Å²) >= 11 is 0. The minimum absolute atomic E-state index is 0. The summed E-state index contributed by atoms with van der Waals surface area (Å²) in [6, 6.07) is 3.93. The number of carbonyl (C=O) groups is 1. The highest BCUT2D eigenvalue weighted by Gasteiger charge is 2.28. The zero-order valence-electron chi connectivity index (χ0n) is 19.9. The lowest BCUT2D eigenvalue weighted by Gasteiger charge is -2.39. The van der Waals surface area contributed by atoms with E-state index in [0.717, 1.165) is 58.7 Å². The van der Waals surface area contributed by atoms with Crippen LogP contribution in [0.15, 0.2) is 33.4 Å². The van der Waals surface area contributed by atoms with E-state index in [-0.39, 0.29) is 24.1 Å². The Kier molecular flexibility index (Phi) is 6.84. The van der Waals surface area contributed by atoms with Gasteiger partial charge in [-0.25, -0.2) is 9.78 Å². The second-order valence-corrected chi connectivity index (χ2v) is 9.06. The molecule has 15 heteroatoms. The van der Waals surface area contributed by atoms with Crippen LogP contribution in [-0.2, 0) is 0 Å². The Morgan fingerprint density at radius 1 is 1.14 bits per heavy atom. The molecule has 0 amide bonds. The molecule has 2 aliphatic rings. The number of fused-ring (bicyclic) bond motifs is 1. The second kappa shape index (κ2) is 10.2. The molecule has 0 aromatic carbocycles. The third-order valence-electron chi connectivity index (χ3n) is 6.63. The third kappa shape index (κ3) is 5.02. The summed E-state index contributed by atoms with van der Waals surface area (Å²) in [5, 5.41) is 13.4. The van der Waals surface area contributed by atoms with Crippen LogP contribution in [0.5, 0.6) is 0 Å². The minimum atomic E-state index is -1.11. The lowest BCUT2D eigenvalue weighted by Crippen LogP contribution is -2.50. The van der Waals surface area contributed by atoms with Crippen molar-refractivity contribution < 1.29 is 18.7 Å². The molecular formula is C22H27ClN10O4. The summed E-state index contributed by atoms with van der Waals surface area (Å²) < 4.78 is 12.2. The van der Waals surface area contributed by atoms with Gasteiger partial charge in [-0.1, -0.05) is 0 Å². The van der Waals surface area contributed by atoms with E-state index >= 15 is 0 Å². The standard InChI is InChI=1S/C22H26N10O4.ClH/c23-19-26-20(27-21-25-17(28-32(19)21)15-4-2-10-35-15)31-5-1-3-14(13-31)12-29-6-8-30(9-7-29)22-24-11-16(36-22)18(33)34;/h2,4,10-11,14H,1,3,5-9,12-13H2,(H,33,34)(H2,23,25,26,27,28);1H/t14-;/m0./s1. The van der Waals surface area contributed by atoms with E-state index in [4.69, 9.17) is 19.7 Å². The van der Waals surface area contributed by atoms with E-state index in [1.807, 2.05) is 4.90 Å². The molecule has 1 atom stereocenters. The smallest absolute Gasteiger partial charge is 0.373 e. The average molecular weight is 531 g/mol. The fourth-order valence-corrected chi connectivity index (χ4v) is 4.84. The van der Waals surface area contributed by atoms with Crippen LogP contribution in [0.4, 0.5) is 17.9 Å². The number of aromatic carboxylic acids is 1. The van der Waals surface area contributed by atoms with Crippen molar-refractivity contribution >= 4 is 42.1 Å². The molecule has 2 fully saturated rings. The van der Waals surface area contributed by atoms with Crippen LogP contribution < -0.4 is 15.5 Å². The summed E-state index contributed by atoms with van der Waals surface area (Å²) in [4.78, 5) is 35.3. The van der Waals surface area contributed by atoms with Gasteiger partial charge < -0.3 is 29.5 Å². The van der Waals surface area contributed by atoms with Crippen LogP contribution in [0.1, 0.15) is 23.4 Å². The number of nitrogen functional groups attached to an aromatic ring is 1. The Morgan fingerprint density at radius 2 is 1.97 bits per heavy atom. The van der Waals surface area contributed by atoms with E-state index in [2.05, 4.69) is 34.8 Å². The quantitative estimate of drug-likeness (QED) is 0.368. The first-order chi connectivity index (χ1) is 17.5. The number of rotatable bonds is 6. The van der Waals surface area contributed by atoms with Crippen LogP contribution in [0, 0.1) is 5.92 Å². The molecule has 2 saturated heterocycles. The number of anilines is 3. The van der Waals surface area contributed by atoms with Crippen molar-refractivity contribution in [2.45, 2.75) is 12.8 Å². The van der Waals surface area contributed by atoms with Gasteiger partial charge in [0.15, 0.2) is 5.76 Å². The monoisotopic (exact) mass is 530 g/mol. The second-order valence-electron chi connectivity index (χ2n) is 9.06. The number of hydrogen-bond donors (Lipinski definition) is 2. The lowest BCUT2D eigenvalue weighted by atomic mass is 9.97. The molecule has 4 aromatic rings. The Balaban J connectivity index is 0.00000280. The maximum Gasteiger partial charge on any atom is 0.373 e. The lowest BCUT2D eigenvalue weighted by molar-refractivity contribution is 0.0663. The zero-order valence-corrected chi connectivity index (χ0v) is 20.7. The first kappa shape index (κ1) is 24.8. The maximum atomic E-state index is 11.0. The van der Waals surface area contributed by atoms with E-state index in [1.54, 1.807) is 18.4 Å². The highest BCUT2D eigenvalue weighted by molar-refractivity contribution is 5.85. The highest BCUT2D eigenvalue weighted by atomic mass is 35.5. The summed E-state index contributed by atoms with van der Waals surface area (Å²) in [5.74, 6) is 1.35. The van der Waals surface area contributed by atoms with Gasteiger partial charge in [-0.05, 0) is 30.9 Å². The van der Waals surface area contributed by atoms with E-state index in [1.165, 1.54) is 10.7 Å². The molecule has 4 aromatic heterocycles. The molecule has 14 nitrogen and oxygen atoms in total. The summed E-state index contributed by atoms with van der Waals surface area (Å²) in [5.41, 5.74) is 6.19. The molecule has 37 heavy (non-hydrogen) atoms. The molecule has 0 spiro atoms. The Bertz CT molecular complexity index is 1370. The number of halogens is 1. The predicted octanol–water partition coefficient (Wildman–Crippen LogP) is 1.51. The highest BCUT2D eigenvalue weighted by Crippen LogP contribution is 2.24. The molecule has 0 aliphatic carbocycles. The molecule has 0 saturated carbocycles. The SMILES string of the molecule is Cl.Nc1nc(N2CCC[C@@H](CN3CCN(c4ncc(C(=O)O)o4)CC3)C2)nc2nc(-c3ccco3)nn12. The normalized spacial score (nSPS) is 18.8. The van der Waals surface area contributed by atoms with Gasteiger partial charge in [-0.15, -0.1) is 17.5 Å². The number of piperazine rings is 1. The molecule has 0 bridgehead atoms. The molecule has 6 heterocycles. The van der Waals surface area contributed by atoms with Crippen molar-refractivity contribution in [2.75, 3.05) is 61.3 Å². The van der Waals surface area contributed by atoms with Crippen molar-refractivity contribution in [3.8, 4) is 11.6 Å². The first-order valence-corrected chi connectivity index (χ1v) is 11.9. The van der Waals surface area contributed by atoms with Crippen LogP contribution >= 0.6 is 12.4 Å².